The smallest absolute Gasteiger partial charge is 0.417 e. The zero-order chi connectivity index (χ0) is 19.9. The molecule has 2 aromatic rings. The molecule has 6 nitrogen and oxygen atoms in total. The molecule has 0 spiro atoms. The maximum absolute atomic E-state index is 12.8. The highest BCUT2D eigenvalue weighted by atomic mass is 19.4. The number of carbonyl (C=O) groups is 2. The SMILES string of the molecule is COc1ccc(C(=O)NCC(=O)N/N=C\c2ccccc2C(F)(F)F)cc1. The number of nitrogens with one attached hydrogen (secondary N) is 2. The summed E-state index contributed by atoms with van der Waals surface area (Å²) in [5.41, 5.74) is 1.34. The molecule has 27 heavy (non-hydrogen) atoms. The number of rotatable bonds is 6. The monoisotopic (exact) mass is 379 g/mol. The van der Waals surface area contributed by atoms with Crippen LogP contribution in [0, 0.1) is 0 Å². The summed E-state index contributed by atoms with van der Waals surface area (Å²) in [7, 11) is 1.49. The molecule has 2 rings (SSSR count). The molecule has 0 aliphatic rings. The molecule has 0 atom stereocenters. The lowest BCUT2D eigenvalue weighted by molar-refractivity contribution is -0.137. The van der Waals surface area contributed by atoms with Crippen LogP contribution in [0.3, 0.4) is 0 Å². The molecule has 2 amide bonds. The Morgan fingerprint density at radius 2 is 1.78 bits per heavy atom. The van der Waals surface area contributed by atoms with E-state index in [4.69, 9.17) is 4.74 Å². The van der Waals surface area contributed by atoms with Crippen LogP contribution >= 0.6 is 0 Å². The van der Waals surface area contributed by atoms with E-state index >= 15 is 0 Å². The predicted molar refractivity (Wildman–Crippen MR) is 92.5 cm³/mol. The van der Waals surface area contributed by atoms with Gasteiger partial charge < -0.3 is 10.1 Å². The van der Waals surface area contributed by atoms with E-state index in [-0.39, 0.29) is 12.1 Å². The third-order valence-electron chi connectivity index (χ3n) is 3.42. The first-order chi connectivity index (χ1) is 12.8. The first-order valence-electron chi connectivity index (χ1n) is 7.71. The number of halogens is 3. The standard InChI is InChI=1S/C18H16F3N3O3/c1-27-14-8-6-12(7-9-14)17(26)22-11-16(25)24-23-10-13-4-2-3-5-15(13)18(19,20)21/h2-10H,11H2,1H3,(H,22,26)(H,24,25)/b23-10-. The van der Waals surface area contributed by atoms with Gasteiger partial charge in [-0.3, -0.25) is 9.59 Å². The third kappa shape index (κ3) is 5.84. The Bertz CT molecular complexity index is 834. The Labute approximate surface area is 153 Å². The van der Waals surface area contributed by atoms with Crippen molar-refractivity contribution >= 4 is 18.0 Å². The van der Waals surface area contributed by atoms with Crippen molar-refractivity contribution in [1.82, 2.24) is 10.7 Å². The molecule has 0 unspecified atom stereocenters. The number of hydrogen-bond donors (Lipinski definition) is 2. The largest absolute Gasteiger partial charge is 0.497 e. The molecule has 142 valence electrons. The van der Waals surface area contributed by atoms with Gasteiger partial charge in [-0.25, -0.2) is 5.43 Å². The normalized spacial score (nSPS) is 11.3. The van der Waals surface area contributed by atoms with Gasteiger partial charge in [0.05, 0.1) is 25.4 Å². The Morgan fingerprint density at radius 3 is 2.41 bits per heavy atom. The van der Waals surface area contributed by atoms with Crippen LogP contribution in [0.2, 0.25) is 0 Å². The zero-order valence-electron chi connectivity index (χ0n) is 14.2. The van der Waals surface area contributed by atoms with Gasteiger partial charge in [0.1, 0.15) is 5.75 Å². The van der Waals surface area contributed by atoms with E-state index in [1.807, 2.05) is 0 Å². The predicted octanol–water partition coefficient (Wildman–Crippen LogP) is 2.59. The van der Waals surface area contributed by atoms with E-state index in [0.29, 0.717) is 11.3 Å². The fourth-order valence-corrected chi connectivity index (χ4v) is 2.09. The molecule has 0 heterocycles. The van der Waals surface area contributed by atoms with Gasteiger partial charge in [-0.15, -0.1) is 0 Å². The average Bonchev–Trinajstić information content (AvgIpc) is 2.65. The zero-order valence-corrected chi connectivity index (χ0v) is 14.2. The Morgan fingerprint density at radius 1 is 1.11 bits per heavy atom. The Hall–Kier alpha value is -3.36. The summed E-state index contributed by atoms with van der Waals surface area (Å²) in [6, 6.07) is 11.1. The van der Waals surface area contributed by atoms with Crippen molar-refractivity contribution < 1.29 is 27.5 Å². The van der Waals surface area contributed by atoms with Gasteiger partial charge in [-0.05, 0) is 30.3 Å². The van der Waals surface area contributed by atoms with Crippen molar-refractivity contribution in [2.45, 2.75) is 6.18 Å². The van der Waals surface area contributed by atoms with Gasteiger partial charge in [0.25, 0.3) is 11.8 Å². The lowest BCUT2D eigenvalue weighted by Gasteiger charge is -2.09. The van der Waals surface area contributed by atoms with Crippen LogP contribution < -0.4 is 15.5 Å². The highest BCUT2D eigenvalue weighted by Gasteiger charge is 2.32. The topological polar surface area (TPSA) is 79.8 Å². The minimum Gasteiger partial charge on any atom is -0.497 e. The molecule has 0 saturated heterocycles. The molecule has 0 radical (unpaired) electrons. The summed E-state index contributed by atoms with van der Waals surface area (Å²) in [4.78, 5) is 23.6. The second-order valence-corrected chi connectivity index (χ2v) is 5.29. The Kier molecular flexibility index (Phi) is 6.53. The van der Waals surface area contributed by atoms with Crippen LogP contribution in [0.4, 0.5) is 13.2 Å². The number of hydrazone groups is 1. The summed E-state index contributed by atoms with van der Waals surface area (Å²) >= 11 is 0. The van der Waals surface area contributed by atoms with Crippen LogP contribution in [0.5, 0.6) is 5.75 Å². The van der Waals surface area contributed by atoms with E-state index in [1.54, 1.807) is 12.1 Å². The molecule has 2 N–H and O–H groups in total. The van der Waals surface area contributed by atoms with E-state index in [0.717, 1.165) is 12.3 Å². The third-order valence-corrected chi connectivity index (χ3v) is 3.42. The fraction of sp³-hybridized carbons (Fsp3) is 0.167. The number of benzene rings is 2. The second-order valence-electron chi connectivity index (χ2n) is 5.29. The molecule has 9 heteroatoms. The van der Waals surface area contributed by atoms with Gasteiger partial charge >= 0.3 is 6.18 Å². The number of alkyl halides is 3. The van der Waals surface area contributed by atoms with E-state index in [2.05, 4.69) is 15.8 Å². The molecule has 0 fully saturated rings. The molecule has 0 aliphatic carbocycles. The second kappa shape index (κ2) is 8.84. The van der Waals surface area contributed by atoms with Crippen LogP contribution in [0.1, 0.15) is 21.5 Å². The van der Waals surface area contributed by atoms with Crippen LogP contribution in [-0.4, -0.2) is 31.7 Å². The number of hydrogen-bond acceptors (Lipinski definition) is 4. The molecule has 0 aromatic heterocycles. The van der Waals surface area contributed by atoms with Gasteiger partial charge in [0.2, 0.25) is 0 Å². The van der Waals surface area contributed by atoms with Crippen molar-refractivity contribution in [3.8, 4) is 5.75 Å². The van der Waals surface area contributed by atoms with Gasteiger partial charge in [-0.2, -0.15) is 18.3 Å². The van der Waals surface area contributed by atoms with Gasteiger partial charge in [0.15, 0.2) is 0 Å². The van der Waals surface area contributed by atoms with E-state index in [1.165, 1.54) is 37.4 Å². The van der Waals surface area contributed by atoms with Crippen molar-refractivity contribution in [2.75, 3.05) is 13.7 Å². The van der Waals surface area contributed by atoms with Crippen molar-refractivity contribution in [1.29, 1.82) is 0 Å². The minimum absolute atomic E-state index is 0.187. The van der Waals surface area contributed by atoms with E-state index < -0.39 is 23.6 Å². The van der Waals surface area contributed by atoms with Crippen LogP contribution in [0.25, 0.3) is 0 Å². The summed E-state index contributed by atoms with van der Waals surface area (Å²) in [6.45, 7) is -0.386. The van der Waals surface area contributed by atoms with Crippen molar-refractivity contribution in [3.63, 3.8) is 0 Å². The maximum Gasteiger partial charge on any atom is 0.417 e. The average molecular weight is 379 g/mol. The molecular formula is C18H16F3N3O3. The molecule has 0 aliphatic heterocycles. The van der Waals surface area contributed by atoms with Crippen LogP contribution in [0.15, 0.2) is 53.6 Å². The number of ether oxygens (including phenoxy) is 1. The highest BCUT2D eigenvalue weighted by molar-refractivity contribution is 5.96. The van der Waals surface area contributed by atoms with Gasteiger partial charge in [-0.1, -0.05) is 18.2 Å². The minimum atomic E-state index is -4.53. The van der Waals surface area contributed by atoms with Gasteiger partial charge in [0, 0.05) is 11.1 Å². The summed E-state index contributed by atoms with van der Waals surface area (Å²) in [5, 5.41) is 5.87. The van der Waals surface area contributed by atoms with Crippen molar-refractivity contribution in [2.24, 2.45) is 5.10 Å². The summed E-state index contributed by atoms with van der Waals surface area (Å²) in [5.74, 6) is -0.588. The molecular weight excluding hydrogens is 363 g/mol. The Balaban J connectivity index is 1.87. The number of carbonyl (C=O) groups excluding carboxylic acids is 2. The number of methoxy groups -OCH3 is 1. The number of amides is 2. The number of nitrogens with zero attached hydrogens (tertiary/aromatic N) is 1. The molecule has 2 aromatic carbocycles. The highest BCUT2D eigenvalue weighted by Crippen LogP contribution is 2.30. The lowest BCUT2D eigenvalue weighted by Crippen LogP contribution is -2.34. The first-order valence-corrected chi connectivity index (χ1v) is 7.71. The van der Waals surface area contributed by atoms with Crippen LogP contribution in [-0.2, 0) is 11.0 Å². The first kappa shape index (κ1) is 20.0. The summed E-state index contributed by atoms with van der Waals surface area (Å²) < 4.78 is 43.5. The van der Waals surface area contributed by atoms with E-state index in [9.17, 15) is 22.8 Å². The van der Waals surface area contributed by atoms with Crippen molar-refractivity contribution in [3.05, 3.63) is 65.2 Å². The summed E-state index contributed by atoms with van der Waals surface area (Å²) in [6.07, 6.45) is -3.63. The fourth-order valence-electron chi connectivity index (χ4n) is 2.09. The lowest BCUT2D eigenvalue weighted by atomic mass is 10.1. The molecule has 0 saturated carbocycles. The maximum atomic E-state index is 12.8. The quantitative estimate of drug-likeness (QED) is 0.598. The molecule has 0 bridgehead atoms.